The molecule has 0 heterocycles. The molecule has 0 aromatic rings. The lowest BCUT2D eigenvalue weighted by molar-refractivity contribution is -0.127. The van der Waals surface area contributed by atoms with Gasteiger partial charge in [-0.1, -0.05) is 19.8 Å². The van der Waals surface area contributed by atoms with Crippen LogP contribution in [0.1, 0.15) is 39.5 Å². The van der Waals surface area contributed by atoms with Gasteiger partial charge in [0.2, 0.25) is 5.91 Å². The van der Waals surface area contributed by atoms with E-state index in [1.165, 1.54) is 0 Å². The minimum atomic E-state index is -3.02. The lowest BCUT2D eigenvalue weighted by Crippen LogP contribution is -2.53. The molecule has 0 aromatic carbocycles. The summed E-state index contributed by atoms with van der Waals surface area (Å²) in [7, 11) is -3.02. The van der Waals surface area contributed by atoms with Gasteiger partial charge in [0.25, 0.3) is 0 Å². The number of rotatable bonds is 5. The predicted molar refractivity (Wildman–Crippen MR) is 71.9 cm³/mol. The van der Waals surface area contributed by atoms with Crippen LogP contribution in [0.3, 0.4) is 0 Å². The topological polar surface area (TPSA) is 89.3 Å². The fourth-order valence-corrected chi connectivity index (χ4v) is 3.09. The number of hydrogen-bond acceptors (Lipinski definition) is 4. The first-order valence-electron chi connectivity index (χ1n) is 6.55. The zero-order valence-corrected chi connectivity index (χ0v) is 12.1. The van der Waals surface area contributed by atoms with E-state index in [9.17, 15) is 13.2 Å². The number of carbonyl (C=O) groups is 1. The summed E-state index contributed by atoms with van der Waals surface area (Å²) in [6.07, 6.45) is 3.71. The van der Waals surface area contributed by atoms with Gasteiger partial charge in [0.15, 0.2) is 9.84 Å². The van der Waals surface area contributed by atoms with Gasteiger partial charge in [0, 0.05) is 17.8 Å². The van der Waals surface area contributed by atoms with Crippen molar-refractivity contribution in [2.75, 3.05) is 18.1 Å². The van der Waals surface area contributed by atoms with Crippen LogP contribution in [-0.4, -0.2) is 37.9 Å². The van der Waals surface area contributed by atoms with Crippen molar-refractivity contribution < 1.29 is 13.2 Å². The highest BCUT2D eigenvalue weighted by molar-refractivity contribution is 7.91. The Morgan fingerprint density at radius 2 is 2.11 bits per heavy atom. The molecule has 1 saturated carbocycles. The highest BCUT2D eigenvalue weighted by atomic mass is 32.2. The Balaban J connectivity index is 2.45. The molecule has 3 N–H and O–H groups in total. The average Bonchev–Trinajstić information content (AvgIpc) is 2.28. The molecule has 0 radical (unpaired) electrons. The highest BCUT2D eigenvalue weighted by Gasteiger charge is 2.37. The van der Waals surface area contributed by atoms with Gasteiger partial charge in [0.1, 0.15) is 0 Å². The molecular formula is C12H24N2O3S. The standard InChI is InChI=1S/C12H24N2O3S/c1-3-18(16,17)9-8-14-11(15)10-6-4-5-7-12(10,2)13/h10H,3-9,13H2,1-2H3,(H,14,15). The number of carbonyl (C=O) groups excluding carboxylic acids is 1. The maximum Gasteiger partial charge on any atom is 0.224 e. The molecule has 0 saturated heterocycles. The monoisotopic (exact) mass is 276 g/mol. The van der Waals surface area contributed by atoms with Gasteiger partial charge < -0.3 is 11.1 Å². The molecule has 2 atom stereocenters. The number of amides is 1. The van der Waals surface area contributed by atoms with Crippen LogP contribution in [0.15, 0.2) is 0 Å². The molecule has 0 aromatic heterocycles. The van der Waals surface area contributed by atoms with E-state index in [1.807, 2.05) is 6.92 Å². The van der Waals surface area contributed by atoms with E-state index in [2.05, 4.69) is 5.32 Å². The first-order valence-corrected chi connectivity index (χ1v) is 8.37. The maximum absolute atomic E-state index is 12.0. The Bertz CT molecular complexity index is 390. The van der Waals surface area contributed by atoms with E-state index in [-0.39, 0.29) is 29.9 Å². The molecule has 2 unspecified atom stereocenters. The van der Waals surface area contributed by atoms with Crippen LogP contribution in [0.2, 0.25) is 0 Å². The molecule has 0 bridgehead atoms. The van der Waals surface area contributed by atoms with Crippen LogP contribution >= 0.6 is 0 Å². The number of nitrogens with one attached hydrogen (secondary N) is 1. The maximum atomic E-state index is 12.0. The van der Waals surface area contributed by atoms with Crippen molar-refractivity contribution in [3.05, 3.63) is 0 Å². The third-order valence-corrected chi connectivity index (χ3v) is 5.43. The summed E-state index contributed by atoms with van der Waals surface area (Å²) >= 11 is 0. The van der Waals surface area contributed by atoms with Crippen LogP contribution in [0.4, 0.5) is 0 Å². The molecule has 18 heavy (non-hydrogen) atoms. The Morgan fingerprint density at radius 1 is 1.44 bits per heavy atom. The summed E-state index contributed by atoms with van der Waals surface area (Å²) in [6, 6.07) is 0. The zero-order valence-electron chi connectivity index (χ0n) is 11.2. The molecule has 1 aliphatic carbocycles. The molecular weight excluding hydrogens is 252 g/mol. The second kappa shape index (κ2) is 6.02. The van der Waals surface area contributed by atoms with Gasteiger partial charge >= 0.3 is 0 Å². The number of nitrogens with two attached hydrogens (primary N) is 1. The number of hydrogen-bond donors (Lipinski definition) is 2. The Labute approximate surface area is 109 Å². The third kappa shape index (κ3) is 4.24. The van der Waals surface area contributed by atoms with Crippen molar-refractivity contribution >= 4 is 15.7 Å². The van der Waals surface area contributed by atoms with Gasteiger partial charge in [-0.2, -0.15) is 0 Å². The molecule has 106 valence electrons. The summed E-state index contributed by atoms with van der Waals surface area (Å²) in [6.45, 7) is 3.69. The molecule has 5 nitrogen and oxygen atoms in total. The van der Waals surface area contributed by atoms with Crippen molar-refractivity contribution in [1.82, 2.24) is 5.32 Å². The Kier molecular flexibility index (Phi) is 5.16. The summed E-state index contributed by atoms with van der Waals surface area (Å²) in [5.74, 6) is -0.189. The van der Waals surface area contributed by atoms with Crippen molar-refractivity contribution in [3.8, 4) is 0 Å². The summed E-state index contributed by atoms with van der Waals surface area (Å²) in [5.41, 5.74) is 5.66. The minimum Gasteiger partial charge on any atom is -0.355 e. The third-order valence-electron chi connectivity index (χ3n) is 3.72. The lowest BCUT2D eigenvalue weighted by Gasteiger charge is -2.37. The minimum absolute atomic E-state index is 0.00322. The Morgan fingerprint density at radius 3 is 2.67 bits per heavy atom. The normalized spacial score (nSPS) is 28.9. The fraction of sp³-hybridized carbons (Fsp3) is 0.917. The van der Waals surface area contributed by atoms with Gasteiger partial charge in [-0.25, -0.2) is 8.42 Å². The summed E-state index contributed by atoms with van der Waals surface area (Å²) in [4.78, 5) is 12.0. The largest absolute Gasteiger partial charge is 0.355 e. The van der Waals surface area contributed by atoms with Crippen LogP contribution in [0.25, 0.3) is 0 Å². The van der Waals surface area contributed by atoms with E-state index in [0.717, 1.165) is 25.7 Å². The first kappa shape index (κ1) is 15.4. The van der Waals surface area contributed by atoms with Crippen molar-refractivity contribution in [2.45, 2.75) is 45.1 Å². The molecule has 6 heteroatoms. The highest BCUT2D eigenvalue weighted by Crippen LogP contribution is 2.31. The van der Waals surface area contributed by atoms with E-state index in [1.54, 1.807) is 6.92 Å². The van der Waals surface area contributed by atoms with Crippen molar-refractivity contribution in [2.24, 2.45) is 11.7 Å². The van der Waals surface area contributed by atoms with E-state index in [0.29, 0.717) is 0 Å². The van der Waals surface area contributed by atoms with Gasteiger partial charge in [-0.15, -0.1) is 0 Å². The van der Waals surface area contributed by atoms with E-state index in [4.69, 9.17) is 5.73 Å². The average molecular weight is 276 g/mol. The van der Waals surface area contributed by atoms with E-state index >= 15 is 0 Å². The molecule has 1 aliphatic rings. The van der Waals surface area contributed by atoms with Gasteiger partial charge in [-0.05, 0) is 19.8 Å². The molecule has 1 fully saturated rings. The smallest absolute Gasteiger partial charge is 0.224 e. The molecule has 0 spiro atoms. The van der Waals surface area contributed by atoms with Crippen LogP contribution in [0, 0.1) is 5.92 Å². The molecule has 0 aliphatic heterocycles. The van der Waals surface area contributed by atoms with Crippen LogP contribution < -0.4 is 11.1 Å². The molecule has 1 rings (SSSR count). The lowest BCUT2D eigenvalue weighted by atomic mass is 9.74. The second-order valence-electron chi connectivity index (χ2n) is 5.33. The van der Waals surface area contributed by atoms with Crippen LogP contribution in [-0.2, 0) is 14.6 Å². The molecule has 1 amide bonds. The summed E-state index contributed by atoms with van der Waals surface area (Å²) < 4.78 is 22.6. The Hall–Kier alpha value is -0.620. The first-order chi connectivity index (χ1) is 8.28. The number of sulfone groups is 1. The van der Waals surface area contributed by atoms with Crippen molar-refractivity contribution in [3.63, 3.8) is 0 Å². The van der Waals surface area contributed by atoms with Crippen LogP contribution in [0.5, 0.6) is 0 Å². The fourth-order valence-electron chi connectivity index (χ4n) is 2.39. The van der Waals surface area contributed by atoms with Gasteiger partial charge in [0.05, 0.1) is 11.7 Å². The van der Waals surface area contributed by atoms with E-state index < -0.39 is 15.4 Å². The summed E-state index contributed by atoms with van der Waals surface area (Å²) in [5, 5.41) is 2.70. The predicted octanol–water partition coefficient (Wildman–Crippen LogP) is 0.445. The quantitative estimate of drug-likeness (QED) is 0.762. The van der Waals surface area contributed by atoms with Gasteiger partial charge in [-0.3, -0.25) is 4.79 Å². The SMILES string of the molecule is CCS(=O)(=O)CCNC(=O)C1CCCCC1(C)N. The second-order valence-corrected chi connectivity index (χ2v) is 7.80. The zero-order chi connectivity index (χ0) is 13.8. The van der Waals surface area contributed by atoms with Crippen molar-refractivity contribution in [1.29, 1.82) is 0 Å².